The lowest BCUT2D eigenvalue weighted by molar-refractivity contribution is -0.139. The van der Waals surface area contributed by atoms with Gasteiger partial charge in [0.25, 0.3) is 0 Å². The Morgan fingerprint density at radius 2 is 2.00 bits per heavy atom. The Balaban J connectivity index is 2.36. The van der Waals surface area contributed by atoms with Crippen LogP contribution in [0.4, 0.5) is 4.79 Å². The van der Waals surface area contributed by atoms with Gasteiger partial charge in [-0.3, -0.25) is 0 Å². The Morgan fingerprint density at radius 1 is 1.30 bits per heavy atom. The Labute approximate surface area is 117 Å². The number of amides is 1. The highest BCUT2D eigenvalue weighted by molar-refractivity contribution is 5.79. The maximum absolute atomic E-state index is 11.5. The van der Waals surface area contributed by atoms with Crippen LogP contribution >= 0.6 is 0 Å². The molecule has 0 aliphatic carbocycles. The van der Waals surface area contributed by atoms with E-state index >= 15 is 0 Å². The predicted molar refractivity (Wildman–Crippen MR) is 72.3 cm³/mol. The minimum Gasteiger partial charge on any atom is -0.480 e. The summed E-state index contributed by atoms with van der Waals surface area (Å²) in [5, 5.41) is 11.3. The third kappa shape index (κ3) is 6.19. The number of hydrogen-bond acceptors (Lipinski definition) is 4. The van der Waals surface area contributed by atoms with Crippen LogP contribution in [0.25, 0.3) is 0 Å². The van der Waals surface area contributed by atoms with E-state index in [0.717, 1.165) is 5.56 Å². The highest BCUT2D eigenvalue weighted by Crippen LogP contribution is 2.02. The molecule has 0 radical (unpaired) electrons. The van der Waals surface area contributed by atoms with Gasteiger partial charge in [-0.2, -0.15) is 0 Å². The minimum atomic E-state index is -1.09. The predicted octanol–water partition coefficient (Wildman–Crippen LogP) is 1.79. The number of carboxylic acid groups (broad SMARTS) is 1. The summed E-state index contributed by atoms with van der Waals surface area (Å²) in [6.07, 6.45) is 0.106. The maximum Gasteiger partial charge on any atom is 0.408 e. The Hall–Kier alpha value is -2.08. The van der Waals surface area contributed by atoms with E-state index in [2.05, 4.69) is 5.32 Å². The molecule has 0 fully saturated rings. The zero-order valence-corrected chi connectivity index (χ0v) is 11.4. The summed E-state index contributed by atoms with van der Waals surface area (Å²) in [4.78, 5) is 22.5. The minimum absolute atomic E-state index is 0.108. The van der Waals surface area contributed by atoms with Crippen LogP contribution in [-0.4, -0.2) is 36.9 Å². The van der Waals surface area contributed by atoms with E-state index in [9.17, 15) is 9.59 Å². The van der Waals surface area contributed by atoms with Gasteiger partial charge in [-0.05, 0) is 18.4 Å². The number of benzene rings is 1. The van der Waals surface area contributed by atoms with E-state index in [1.165, 1.54) is 7.11 Å². The third-order valence-corrected chi connectivity index (χ3v) is 2.64. The van der Waals surface area contributed by atoms with Crippen LogP contribution in [-0.2, 0) is 20.9 Å². The third-order valence-electron chi connectivity index (χ3n) is 2.64. The number of hydrogen-bond donors (Lipinski definition) is 2. The van der Waals surface area contributed by atoms with Crippen molar-refractivity contribution in [3.05, 3.63) is 35.9 Å². The fourth-order valence-corrected chi connectivity index (χ4v) is 1.60. The van der Waals surface area contributed by atoms with Crippen LogP contribution in [0, 0.1) is 0 Å². The molecule has 1 rings (SSSR count). The van der Waals surface area contributed by atoms with E-state index in [0.29, 0.717) is 19.4 Å². The van der Waals surface area contributed by atoms with Crippen molar-refractivity contribution in [2.45, 2.75) is 25.5 Å². The SMILES string of the molecule is COCCCC(NC(=O)OCc1ccccc1)C(=O)O. The molecule has 2 N–H and O–H groups in total. The van der Waals surface area contributed by atoms with Crippen molar-refractivity contribution in [2.75, 3.05) is 13.7 Å². The molecule has 1 aromatic rings. The molecule has 0 aliphatic rings. The molecule has 6 heteroatoms. The fourth-order valence-electron chi connectivity index (χ4n) is 1.60. The zero-order chi connectivity index (χ0) is 14.8. The maximum atomic E-state index is 11.5. The lowest BCUT2D eigenvalue weighted by Gasteiger charge is -2.14. The molecule has 0 aromatic heterocycles. The normalized spacial score (nSPS) is 11.7. The van der Waals surface area contributed by atoms with Gasteiger partial charge in [-0.25, -0.2) is 9.59 Å². The molecular formula is C14H19NO5. The monoisotopic (exact) mass is 281 g/mol. The molecule has 110 valence electrons. The molecule has 1 amide bonds. The topological polar surface area (TPSA) is 84.9 Å². The first-order valence-electron chi connectivity index (χ1n) is 6.32. The number of rotatable bonds is 8. The van der Waals surface area contributed by atoms with Crippen LogP contribution in [0.1, 0.15) is 18.4 Å². The van der Waals surface area contributed by atoms with Crippen LogP contribution in [0.15, 0.2) is 30.3 Å². The molecule has 1 atom stereocenters. The van der Waals surface area contributed by atoms with Gasteiger partial charge in [-0.1, -0.05) is 30.3 Å². The van der Waals surface area contributed by atoms with Crippen molar-refractivity contribution in [1.29, 1.82) is 0 Å². The van der Waals surface area contributed by atoms with Crippen molar-refractivity contribution in [3.63, 3.8) is 0 Å². The van der Waals surface area contributed by atoms with Crippen LogP contribution < -0.4 is 5.32 Å². The second kappa shape index (κ2) is 8.92. The number of nitrogens with one attached hydrogen (secondary N) is 1. The van der Waals surface area contributed by atoms with Gasteiger partial charge >= 0.3 is 12.1 Å². The summed E-state index contributed by atoms with van der Waals surface area (Å²) in [5.74, 6) is -1.09. The van der Waals surface area contributed by atoms with Gasteiger partial charge in [0.05, 0.1) is 0 Å². The van der Waals surface area contributed by atoms with Crippen molar-refractivity contribution >= 4 is 12.1 Å². The van der Waals surface area contributed by atoms with E-state index in [1.54, 1.807) is 0 Å². The molecule has 0 saturated carbocycles. The second-order valence-electron chi connectivity index (χ2n) is 4.23. The molecule has 1 aromatic carbocycles. The Kier molecular flexibility index (Phi) is 7.13. The molecule has 0 aliphatic heterocycles. The quantitative estimate of drug-likeness (QED) is 0.710. The molecule has 6 nitrogen and oxygen atoms in total. The Morgan fingerprint density at radius 3 is 2.60 bits per heavy atom. The van der Waals surface area contributed by atoms with E-state index in [-0.39, 0.29) is 6.61 Å². The Bertz CT molecular complexity index is 421. The number of aliphatic carboxylic acids is 1. The standard InChI is InChI=1S/C14H19NO5/c1-19-9-5-8-12(13(16)17)15-14(18)20-10-11-6-3-2-4-7-11/h2-4,6-7,12H,5,8-10H2,1H3,(H,15,18)(H,16,17). The summed E-state index contributed by atoms with van der Waals surface area (Å²) >= 11 is 0. The van der Waals surface area contributed by atoms with Gasteiger partial charge in [0.15, 0.2) is 0 Å². The molecule has 20 heavy (non-hydrogen) atoms. The smallest absolute Gasteiger partial charge is 0.408 e. The van der Waals surface area contributed by atoms with E-state index in [1.807, 2.05) is 30.3 Å². The van der Waals surface area contributed by atoms with Crippen molar-refractivity contribution in [1.82, 2.24) is 5.32 Å². The van der Waals surface area contributed by atoms with Crippen molar-refractivity contribution in [3.8, 4) is 0 Å². The van der Waals surface area contributed by atoms with E-state index < -0.39 is 18.1 Å². The number of carbonyl (C=O) groups excluding carboxylic acids is 1. The van der Waals surface area contributed by atoms with Crippen molar-refractivity contribution in [2.24, 2.45) is 0 Å². The number of alkyl carbamates (subject to hydrolysis) is 1. The fraction of sp³-hybridized carbons (Fsp3) is 0.429. The zero-order valence-electron chi connectivity index (χ0n) is 11.4. The molecular weight excluding hydrogens is 262 g/mol. The molecule has 0 heterocycles. The lowest BCUT2D eigenvalue weighted by Crippen LogP contribution is -2.41. The van der Waals surface area contributed by atoms with E-state index in [4.69, 9.17) is 14.6 Å². The largest absolute Gasteiger partial charge is 0.480 e. The number of carbonyl (C=O) groups is 2. The molecule has 1 unspecified atom stereocenters. The highest BCUT2D eigenvalue weighted by atomic mass is 16.5. The van der Waals surface area contributed by atoms with Crippen LogP contribution in [0.2, 0.25) is 0 Å². The van der Waals surface area contributed by atoms with Gasteiger partial charge < -0.3 is 19.9 Å². The lowest BCUT2D eigenvalue weighted by atomic mass is 10.1. The van der Waals surface area contributed by atoms with Gasteiger partial charge in [-0.15, -0.1) is 0 Å². The van der Waals surface area contributed by atoms with Crippen molar-refractivity contribution < 1.29 is 24.2 Å². The van der Waals surface area contributed by atoms with Crippen LogP contribution in [0.5, 0.6) is 0 Å². The number of carboxylic acids is 1. The van der Waals surface area contributed by atoms with Gasteiger partial charge in [0.1, 0.15) is 12.6 Å². The number of methoxy groups -OCH3 is 1. The summed E-state index contributed by atoms with van der Waals surface area (Å²) < 4.78 is 9.82. The first-order chi connectivity index (χ1) is 9.63. The molecule has 0 spiro atoms. The first kappa shape index (κ1) is 16.0. The average molecular weight is 281 g/mol. The van der Waals surface area contributed by atoms with Crippen LogP contribution in [0.3, 0.4) is 0 Å². The number of ether oxygens (including phenoxy) is 2. The molecule has 0 bridgehead atoms. The summed E-state index contributed by atoms with van der Waals surface area (Å²) in [7, 11) is 1.54. The summed E-state index contributed by atoms with van der Waals surface area (Å²) in [6.45, 7) is 0.557. The highest BCUT2D eigenvalue weighted by Gasteiger charge is 2.20. The second-order valence-corrected chi connectivity index (χ2v) is 4.23. The van der Waals surface area contributed by atoms with Gasteiger partial charge in [0, 0.05) is 13.7 Å². The molecule has 0 saturated heterocycles. The average Bonchev–Trinajstić information content (AvgIpc) is 2.45. The first-order valence-corrected chi connectivity index (χ1v) is 6.32. The summed E-state index contributed by atoms with van der Waals surface area (Å²) in [6, 6.07) is 8.21. The van der Waals surface area contributed by atoms with Gasteiger partial charge in [0.2, 0.25) is 0 Å². The summed E-state index contributed by atoms with van der Waals surface area (Å²) in [5.41, 5.74) is 0.842.